The third-order valence-corrected chi connectivity index (χ3v) is 4.55. The Morgan fingerprint density at radius 2 is 1.75 bits per heavy atom. The molecule has 0 saturated heterocycles. The zero-order valence-corrected chi connectivity index (χ0v) is 15.2. The highest BCUT2D eigenvalue weighted by Gasteiger charge is 2.20. The molecule has 1 atom stereocenters. The van der Waals surface area contributed by atoms with E-state index in [-0.39, 0.29) is 6.04 Å². The van der Waals surface area contributed by atoms with E-state index in [9.17, 15) is 4.79 Å². The van der Waals surface area contributed by atoms with Gasteiger partial charge in [-0.3, -0.25) is 0 Å². The van der Waals surface area contributed by atoms with Crippen LogP contribution in [0.5, 0.6) is 0 Å². The normalized spacial score (nSPS) is 16.9. The second-order valence-electron chi connectivity index (χ2n) is 6.51. The third kappa shape index (κ3) is 4.75. The monoisotopic (exact) mass is 327 g/mol. The van der Waals surface area contributed by atoms with Crippen LogP contribution < -0.4 is 0 Å². The standard InChI is InChI=1S/C21H29NO2/c1-4-5-6-7-8-9-14-24-20-12-13-21(19(15-20)16-23)22-17(2)10-11-18(22)3/h10-13,15,21H,4-9,14H2,1-3H3. The highest BCUT2D eigenvalue weighted by atomic mass is 16.5. The first-order valence-corrected chi connectivity index (χ1v) is 9.09. The van der Waals surface area contributed by atoms with Crippen molar-refractivity contribution in [1.82, 2.24) is 4.57 Å². The number of aromatic nitrogens is 1. The minimum atomic E-state index is -0.0844. The van der Waals surface area contributed by atoms with Crippen LogP contribution in [0.3, 0.4) is 0 Å². The van der Waals surface area contributed by atoms with Gasteiger partial charge in [-0.25, -0.2) is 4.79 Å². The van der Waals surface area contributed by atoms with E-state index >= 15 is 0 Å². The lowest BCUT2D eigenvalue weighted by atomic mass is 10.0. The fourth-order valence-electron chi connectivity index (χ4n) is 3.17. The fraction of sp³-hybridized carbons (Fsp3) is 0.524. The summed E-state index contributed by atoms with van der Waals surface area (Å²) < 4.78 is 7.96. The third-order valence-electron chi connectivity index (χ3n) is 4.55. The van der Waals surface area contributed by atoms with Crippen molar-refractivity contribution in [2.75, 3.05) is 6.61 Å². The molecule has 0 fully saturated rings. The SMILES string of the molecule is CCCCCCCCOC1=CC(=C=O)C(n2c(C)ccc2C)C=C1. The maximum Gasteiger partial charge on any atom is 0.130 e. The van der Waals surface area contributed by atoms with E-state index in [2.05, 4.69) is 43.4 Å². The van der Waals surface area contributed by atoms with Crippen LogP contribution in [0.1, 0.15) is 62.9 Å². The number of ether oxygens (including phenoxy) is 1. The number of unbranched alkanes of at least 4 members (excludes halogenated alkanes) is 5. The van der Waals surface area contributed by atoms with Gasteiger partial charge in [0.25, 0.3) is 0 Å². The van der Waals surface area contributed by atoms with Crippen LogP contribution in [-0.4, -0.2) is 17.1 Å². The second kappa shape index (κ2) is 9.34. The average Bonchev–Trinajstić information content (AvgIpc) is 2.92. The summed E-state index contributed by atoms with van der Waals surface area (Å²) in [6, 6.07) is 4.05. The summed E-state index contributed by atoms with van der Waals surface area (Å²) in [4.78, 5) is 11.4. The molecule has 1 unspecified atom stereocenters. The quantitative estimate of drug-likeness (QED) is 0.459. The van der Waals surface area contributed by atoms with Gasteiger partial charge in [0.15, 0.2) is 0 Å². The van der Waals surface area contributed by atoms with E-state index in [1.807, 2.05) is 18.2 Å². The lowest BCUT2D eigenvalue weighted by Gasteiger charge is -2.22. The summed E-state index contributed by atoms with van der Waals surface area (Å²) in [5.41, 5.74) is 2.90. The predicted octanol–water partition coefficient (Wildman–Crippen LogP) is 5.23. The van der Waals surface area contributed by atoms with Gasteiger partial charge in [-0.2, -0.15) is 0 Å². The Balaban J connectivity index is 1.88. The van der Waals surface area contributed by atoms with Crippen molar-refractivity contribution in [1.29, 1.82) is 0 Å². The Morgan fingerprint density at radius 1 is 1.08 bits per heavy atom. The molecular weight excluding hydrogens is 298 g/mol. The molecule has 3 nitrogen and oxygen atoms in total. The summed E-state index contributed by atoms with van der Waals surface area (Å²) >= 11 is 0. The minimum absolute atomic E-state index is 0.0844. The molecule has 0 aliphatic heterocycles. The summed E-state index contributed by atoms with van der Waals surface area (Å²) in [6.07, 6.45) is 13.3. The number of rotatable bonds is 9. The summed E-state index contributed by atoms with van der Waals surface area (Å²) in [7, 11) is 0. The average molecular weight is 327 g/mol. The largest absolute Gasteiger partial charge is 0.494 e. The van der Waals surface area contributed by atoms with Gasteiger partial charge in [-0.15, -0.1) is 0 Å². The molecule has 0 saturated carbocycles. The van der Waals surface area contributed by atoms with Crippen LogP contribution in [0.15, 0.2) is 41.7 Å². The van der Waals surface area contributed by atoms with Gasteiger partial charge in [0, 0.05) is 11.4 Å². The molecule has 0 radical (unpaired) electrons. The summed E-state index contributed by atoms with van der Waals surface area (Å²) in [5.74, 6) is 2.85. The number of hydrogen-bond acceptors (Lipinski definition) is 2. The molecule has 3 heteroatoms. The number of nitrogens with zero attached hydrogens (tertiary/aromatic N) is 1. The zero-order valence-electron chi connectivity index (χ0n) is 15.2. The van der Waals surface area contributed by atoms with Crippen molar-refractivity contribution in [2.45, 2.75) is 65.3 Å². The molecule has 0 bridgehead atoms. The molecule has 0 amide bonds. The molecule has 24 heavy (non-hydrogen) atoms. The lowest BCUT2D eigenvalue weighted by Crippen LogP contribution is -2.15. The van der Waals surface area contributed by atoms with Gasteiger partial charge in [0.1, 0.15) is 11.7 Å². The van der Waals surface area contributed by atoms with Crippen LogP contribution in [0.25, 0.3) is 0 Å². The molecule has 1 aromatic rings. The van der Waals surface area contributed by atoms with Crippen LogP contribution in [0.4, 0.5) is 0 Å². The molecule has 1 aliphatic rings. The van der Waals surface area contributed by atoms with E-state index in [1.165, 1.54) is 32.1 Å². The van der Waals surface area contributed by atoms with Gasteiger partial charge in [-0.1, -0.05) is 45.1 Å². The zero-order chi connectivity index (χ0) is 17.4. The van der Waals surface area contributed by atoms with E-state index in [0.717, 1.165) is 23.6 Å². The van der Waals surface area contributed by atoms with Gasteiger partial charge in [0.05, 0.1) is 18.2 Å². The fourth-order valence-corrected chi connectivity index (χ4v) is 3.17. The lowest BCUT2D eigenvalue weighted by molar-refractivity contribution is 0.215. The Bertz CT molecular complexity index is 625. The van der Waals surface area contributed by atoms with Gasteiger partial charge >= 0.3 is 0 Å². The van der Waals surface area contributed by atoms with E-state index in [4.69, 9.17) is 4.74 Å². The molecular formula is C21H29NO2. The maximum atomic E-state index is 11.4. The molecule has 130 valence electrons. The number of aryl methyl sites for hydroxylation is 2. The van der Waals surface area contributed by atoms with Crippen LogP contribution >= 0.6 is 0 Å². The van der Waals surface area contributed by atoms with Crippen molar-refractivity contribution in [3.8, 4) is 0 Å². The highest BCUT2D eigenvalue weighted by Crippen LogP contribution is 2.28. The van der Waals surface area contributed by atoms with Crippen molar-refractivity contribution < 1.29 is 9.53 Å². The minimum Gasteiger partial charge on any atom is -0.494 e. The Morgan fingerprint density at radius 3 is 2.42 bits per heavy atom. The molecule has 1 aliphatic carbocycles. The van der Waals surface area contributed by atoms with E-state index in [0.29, 0.717) is 12.2 Å². The van der Waals surface area contributed by atoms with Crippen molar-refractivity contribution >= 4 is 5.94 Å². The number of hydrogen-bond donors (Lipinski definition) is 0. The summed E-state index contributed by atoms with van der Waals surface area (Å²) in [6.45, 7) is 7.04. The molecule has 0 aromatic carbocycles. The van der Waals surface area contributed by atoms with Gasteiger partial charge < -0.3 is 9.30 Å². The molecule has 0 spiro atoms. The van der Waals surface area contributed by atoms with Crippen molar-refractivity contribution in [2.24, 2.45) is 0 Å². The van der Waals surface area contributed by atoms with Crippen LogP contribution in [-0.2, 0) is 9.53 Å². The maximum absolute atomic E-state index is 11.4. The predicted molar refractivity (Wildman–Crippen MR) is 98.7 cm³/mol. The number of carbonyl (C=O) groups excluding carboxylic acids is 1. The molecule has 0 N–H and O–H groups in total. The summed E-state index contributed by atoms with van der Waals surface area (Å²) in [5, 5.41) is 0. The van der Waals surface area contributed by atoms with Gasteiger partial charge in [0.2, 0.25) is 0 Å². The van der Waals surface area contributed by atoms with E-state index in [1.54, 1.807) is 0 Å². The molecule has 1 aromatic heterocycles. The van der Waals surface area contributed by atoms with Crippen molar-refractivity contribution in [3.63, 3.8) is 0 Å². The molecule has 1 heterocycles. The molecule has 2 rings (SSSR count). The van der Waals surface area contributed by atoms with Crippen LogP contribution in [0.2, 0.25) is 0 Å². The topological polar surface area (TPSA) is 31.2 Å². The Labute approximate surface area is 145 Å². The van der Waals surface area contributed by atoms with Gasteiger partial charge in [-0.05, 0) is 44.6 Å². The highest BCUT2D eigenvalue weighted by molar-refractivity contribution is 5.62. The van der Waals surface area contributed by atoms with Crippen LogP contribution in [0, 0.1) is 13.8 Å². The first kappa shape index (κ1) is 18.4. The first-order chi connectivity index (χ1) is 11.7. The second-order valence-corrected chi connectivity index (χ2v) is 6.51. The Hall–Kier alpha value is -1.99. The first-order valence-electron chi connectivity index (χ1n) is 9.09. The van der Waals surface area contributed by atoms with Crippen molar-refractivity contribution in [3.05, 3.63) is 53.1 Å². The number of allylic oxidation sites excluding steroid dienone is 4. The smallest absolute Gasteiger partial charge is 0.130 e. The Kier molecular flexibility index (Phi) is 7.14. The van der Waals surface area contributed by atoms with E-state index < -0.39 is 0 Å².